The van der Waals surface area contributed by atoms with Gasteiger partial charge in [-0.15, -0.1) is 0 Å². The van der Waals surface area contributed by atoms with Gasteiger partial charge in [0.05, 0.1) is 12.0 Å². The lowest BCUT2D eigenvalue weighted by molar-refractivity contribution is -0.115. The Bertz CT molecular complexity index is 1350. The standard InChI is InChI=1S/C25H24N4O3/c1-3-29-21-10-6-4-8-18(21)20-15-17(12-13-22(20)29)26-24(31)14-16(2)27-28-25(32)19-9-5-7-11-23(19)30/h4-13,15,30H,3,14H2,1-2H3,(H,26,31)(H,28,32). The molecule has 7 nitrogen and oxygen atoms in total. The Hall–Kier alpha value is -4.13. The number of rotatable bonds is 6. The van der Waals surface area contributed by atoms with Gasteiger partial charge in [-0.25, -0.2) is 5.43 Å². The monoisotopic (exact) mass is 428 g/mol. The molecule has 0 saturated carbocycles. The number of aromatic hydroxyl groups is 1. The molecule has 0 radical (unpaired) electrons. The van der Waals surface area contributed by atoms with Crippen LogP contribution in [-0.2, 0) is 11.3 Å². The fourth-order valence-electron chi connectivity index (χ4n) is 3.82. The summed E-state index contributed by atoms with van der Waals surface area (Å²) in [5.41, 5.74) is 5.91. The maximum atomic E-state index is 12.5. The fourth-order valence-corrected chi connectivity index (χ4v) is 3.82. The van der Waals surface area contributed by atoms with Crippen molar-refractivity contribution in [2.45, 2.75) is 26.8 Å². The van der Waals surface area contributed by atoms with Crippen molar-refractivity contribution in [3.05, 3.63) is 72.3 Å². The molecule has 0 aliphatic carbocycles. The van der Waals surface area contributed by atoms with Gasteiger partial charge in [0, 0.05) is 39.7 Å². The molecule has 3 aromatic carbocycles. The van der Waals surface area contributed by atoms with E-state index in [1.807, 2.05) is 30.3 Å². The number of hydrazone groups is 1. The van der Waals surface area contributed by atoms with Crippen LogP contribution >= 0.6 is 0 Å². The van der Waals surface area contributed by atoms with Crippen LogP contribution < -0.4 is 10.7 Å². The van der Waals surface area contributed by atoms with Gasteiger partial charge < -0.3 is 15.0 Å². The van der Waals surface area contributed by atoms with Crippen molar-refractivity contribution in [1.29, 1.82) is 0 Å². The molecule has 3 N–H and O–H groups in total. The molecule has 0 unspecified atom stereocenters. The number of phenols is 1. The predicted octanol–water partition coefficient (Wildman–Crippen LogP) is 4.65. The predicted molar refractivity (Wildman–Crippen MR) is 127 cm³/mol. The zero-order valence-corrected chi connectivity index (χ0v) is 17.9. The quantitative estimate of drug-likeness (QED) is 0.308. The van der Waals surface area contributed by atoms with Crippen LogP contribution in [0.1, 0.15) is 30.6 Å². The first-order valence-corrected chi connectivity index (χ1v) is 10.4. The Labute approximate surface area is 185 Å². The van der Waals surface area contributed by atoms with Gasteiger partial charge in [-0.3, -0.25) is 9.59 Å². The number of fused-ring (bicyclic) bond motifs is 3. The minimum absolute atomic E-state index is 0.0236. The summed E-state index contributed by atoms with van der Waals surface area (Å²) in [5.74, 6) is -0.905. The van der Waals surface area contributed by atoms with E-state index in [0.717, 1.165) is 28.4 Å². The smallest absolute Gasteiger partial charge is 0.275 e. The summed E-state index contributed by atoms with van der Waals surface area (Å²) in [6.45, 7) is 4.63. The number of hydrogen-bond donors (Lipinski definition) is 3. The Balaban J connectivity index is 1.45. The summed E-state index contributed by atoms with van der Waals surface area (Å²) in [5, 5.41) is 18.8. The molecule has 32 heavy (non-hydrogen) atoms. The van der Waals surface area contributed by atoms with Crippen LogP contribution in [0.4, 0.5) is 5.69 Å². The molecule has 4 aromatic rings. The highest BCUT2D eigenvalue weighted by molar-refractivity contribution is 6.11. The SMILES string of the molecule is CCn1c2ccccc2c2cc(NC(=O)CC(C)=NNC(=O)c3ccccc3O)ccc21. The minimum Gasteiger partial charge on any atom is -0.507 e. The minimum atomic E-state index is -0.541. The van der Waals surface area contributed by atoms with Crippen molar-refractivity contribution in [2.75, 3.05) is 5.32 Å². The fraction of sp³-hybridized carbons (Fsp3) is 0.160. The molecule has 1 heterocycles. The number of nitrogens with zero attached hydrogens (tertiary/aromatic N) is 2. The van der Waals surface area contributed by atoms with Gasteiger partial charge in [0.15, 0.2) is 0 Å². The summed E-state index contributed by atoms with van der Waals surface area (Å²) in [6, 6.07) is 20.3. The van der Waals surface area contributed by atoms with Crippen molar-refractivity contribution in [3.63, 3.8) is 0 Å². The normalized spacial score (nSPS) is 11.6. The number of nitrogens with one attached hydrogen (secondary N) is 2. The number of aryl methyl sites for hydroxylation is 1. The molecular formula is C25H24N4O3. The van der Waals surface area contributed by atoms with E-state index in [2.05, 4.69) is 39.5 Å². The lowest BCUT2D eigenvalue weighted by Gasteiger charge is -2.07. The van der Waals surface area contributed by atoms with Crippen LogP contribution in [0, 0.1) is 0 Å². The van der Waals surface area contributed by atoms with Crippen molar-refractivity contribution in [3.8, 4) is 5.75 Å². The summed E-state index contributed by atoms with van der Waals surface area (Å²) >= 11 is 0. The van der Waals surface area contributed by atoms with E-state index >= 15 is 0 Å². The third kappa shape index (κ3) is 4.18. The van der Waals surface area contributed by atoms with Crippen molar-refractivity contribution < 1.29 is 14.7 Å². The highest BCUT2D eigenvalue weighted by Crippen LogP contribution is 2.31. The number of para-hydroxylation sites is 2. The Morgan fingerprint density at radius 3 is 2.47 bits per heavy atom. The van der Waals surface area contributed by atoms with E-state index in [-0.39, 0.29) is 23.6 Å². The molecule has 4 rings (SSSR count). The molecule has 0 fully saturated rings. The second kappa shape index (κ2) is 8.93. The summed E-state index contributed by atoms with van der Waals surface area (Å²) in [6.07, 6.45) is 0.0236. The Morgan fingerprint density at radius 1 is 0.969 bits per heavy atom. The number of phenolic OH excluding ortho intramolecular Hbond substituents is 1. The highest BCUT2D eigenvalue weighted by atomic mass is 16.3. The van der Waals surface area contributed by atoms with E-state index in [4.69, 9.17) is 0 Å². The molecule has 2 amide bonds. The molecule has 0 spiro atoms. The van der Waals surface area contributed by atoms with Crippen molar-refractivity contribution in [2.24, 2.45) is 5.10 Å². The average molecular weight is 428 g/mol. The van der Waals surface area contributed by atoms with Gasteiger partial charge in [-0.1, -0.05) is 30.3 Å². The number of benzene rings is 3. The Morgan fingerprint density at radius 2 is 1.69 bits per heavy atom. The van der Waals surface area contributed by atoms with E-state index in [9.17, 15) is 14.7 Å². The van der Waals surface area contributed by atoms with Crippen LogP contribution in [0.3, 0.4) is 0 Å². The lowest BCUT2D eigenvalue weighted by Crippen LogP contribution is -2.21. The van der Waals surface area contributed by atoms with Gasteiger partial charge in [0.1, 0.15) is 5.75 Å². The molecule has 0 aliphatic heterocycles. The topological polar surface area (TPSA) is 95.7 Å². The van der Waals surface area contributed by atoms with Crippen LogP contribution in [0.15, 0.2) is 71.8 Å². The van der Waals surface area contributed by atoms with E-state index in [1.54, 1.807) is 19.1 Å². The van der Waals surface area contributed by atoms with Gasteiger partial charge in [-0.05, 0) is 50.2 Å². The van der Waals surface area contributed by atoms with Gasteiger partial charge in [-0.2, -0.15) is 5.10 Å². The molecule has 1 aromatic heterocycles. The summed E-state index contributed by atoms with van der Waals surface area (Å²) < 4.78 is 2.25. The molecule has 0 atom stereocenters. The maximum absolute atomic E-state index is 12.5. The van der Waals surface area contributed by atoms with E-state index < -0.39 is 5.91 Å². The number of carbonyl (C=O) groups excluding carboxylic acids is 2. The first-order chi connectivity index (χ1) is 15.5. The molecule has 0 aliphatic rings. The third-order valence-corrected chi connectivity index (χ3v) is 5.29. The van der Waals surface area contributed by atoms with Gasteiger partial charge in [0.2, 0.25) is 5.91 Å². The largest absolute Gasteiger partial charge is 0.507 e. The van der Waals surface area contributed by atoms with Crippen molar-refractivity contribution in [1.82, 2.24) is 9.99 Å². The molecule has 0 saturated heterocycles. The highest BCUT2D eigenvalue weighted by Gasteiger charge is 2.12. The number of aromatic nitrogens is 1. The maximum Gasteiger partial charge on any atom is 0.275 e. The average Bonchev–Trinajstić information content (AvgIpc) is 3.10. The number of hydrogen-bond acceptors (Lipinski definition) is 4. The number of carbonyl (C=O) groups is 2. The van der Waals surface area contributed by atoms with Crippen LogP contribution in [0.25, 0.3) is 21.8 Å². The molecule has 7 heteroatoms. The van der Waals surface area contributed by atoms with Crippen LogP contribution in [-0.4, -0.2) is 27.2 Å². The van der Waals surface area contributed by atoms with E-state index in [1.165, 1.54) is 12.1 Å². The summed E-state index contributed by atoms with van der Waals surface area (Å²) in [7, 11) is 0. The van der Waals surface area contributed by atoms with Gasteiger partial charge >= 0.3 is 0 Å². The molecule has 162 valence electrons. The molecular weight excluding hydrogens is 404 g/mol. The number of amides is 2. The van der Waals surface area contributed by atoms with E-state index in [0.29, 0.717) is 11.4 Å². The van der Waals surface area contributed by atoms with Crippen LogP contribution in [0.2, 0.25) is 0 Å². The first kappa shape index (κ1) is 21.1. The van der Waals surface area contributed by atoms with Crippen molar-refractivity contribution >= 4 is 45.0 Å². The number of anilines is 1. The Kier molecular flexibility index (Phi) is 5.89. The zero-order chi connectivity index (χ0) is 22.7. The second-order valence-electron chi connectivity index (χ2n) is 7.52. The molecule has 0 bridgehead atoms. The van der Waals surface area contributed by atoms with Crippen LogP contribution in [0.5, 0.6) is 5.75 Å². The third-order valence-electron chi connectivity index (χ3n) is 5.29. The summed E-state index contributed by atoms with van der Waals surface area (Å²) in [4.78, 5) is 24.6. The zero-order valence-electron chi connectivity index (χ0n) is 17.9. The first-order valence-electron chi connectivity index (χ1n) is 10.4. The lowest BCUT2D eigenvalue weighted by atomic mass is 10.1. The van der Waals surface area contributed by atoms with Gasteiger partial charge in [0.25, 0.3) is 5.91 Å². The second-order valence-corrected chi connectivity index (χ2v) is 7.52.